The van der Waals surface area contributed by atoms with Crippen LogP contribution in [0.15, 0.2) is 45.4 Å². The maximum Gasteiger partial charge on any atom is 0.257 e. The number of carbonyl (C=O) groups is 2. The average molecular weight is 522 g/mol. The molecular weight excluding hydrogens is 490 g/mol. The van der Waals surface area contributed by atoms with Gasteiger partial charge in [-0.2, -0.15) is 0 Å². The van der Waals surface area contributed by atoms with Gasteiger partial charge in [-0.15, -0.1) is 11.3 Å². The van der Waals surface area contributed by atoms with Gasteiger partial charge in [0.1, 0.15) is 17.5 Å². The first kappa shape index (κ1) is 25.3. The van der Waals surface area contributed by atoms with E-state index < -0.39 is 23.6 Å². The summed E-state index contributed by atoms with van der Waals surface area (Å²) in [6, 6.07) is 9.00. The molecule has 0 unspecified atom stereocenters. The normalized spacial score (nSPS) is 24.5. The Bertz CT molecular complexity index is 1360. The molecule has 194 valence electrons. The number of aromatic nitrogens is 2. The molecule has 2 aromatic heterocycles. The van der Waals surface area contributed by atoms with E-state index in [1.165, 1.54) is 0 Å². The van der Waals surface area contributed by atoms with Crippen molar-refractivity contribution in [2.75, 3.05) is 6.54 Å². The number of amides is 2. The van der Waals surface area contributed by atoms with Gasteiger partial charge in [-0.05, 0) is 37.8 Å². The van der Waals surface area contributed by atoms with Crippen LogP contribution in [0.2, 0.25) is 0 Å². The first-order valence-corrected chi connectivity index (χ1v) is 13.3. The first-order valence-electron chi connectivity index (χ1n) is 12.4. The Morgan fingerprint density at radius 1 is 1.27 bits per heavy atom. The maximum atomic E-state index is 13.8. The molecule has 2 amide bonds. The van der Waals surface area contributed by atoms with Crippen molar-refractivity contribution in [3.8, 4) is 10.4 Å². The summed E-state index contributed by atoms with van der Waals surface area (Å²) in [5, 5.41) is 17.4. The Morgan fingerprint density at radius 3 is 2.59 bits per heavy atom. The summed E-state index contributed by atoms with van der Waals surface area (Å²) in [4.78, 5) is 38.8. The molecule has 1 saturated heterocycles. The van der Waals surface area contributed by atoms with E-state index in [0.717, 1.165) is 21.7 Å². The standard InChI is InChI=1S/C27H31N5O4S/c1-14(2)22(21-10-15(3)31-36-21)25(34)32-12-19(33)11-20(32)24-29-26(35)27(5,30-24)18-8-6-17(7-9-18)23-16(4)28-13-37-23/h6-10,13-14,19-20,22,33H,11-12H2,1-5H3,(H,29,30,35)/t19-,20+,22-,27-/m1/s1. The van der Waals surface area contributed by atoms with Crippen molar-refractivity contribution >= 4 is 29.0 Å². The molecule has 2 N–H and O–H groups in total. The van der Waals surface area contributed by atoms with E-state index >= 15 is 0 Å². The van der Waals surface area contributed by atoms with Crippen LogP contribution in [0.4, 0.5) is 0 Å². The van der Waals surface area contributed by atoms with Gasteiger partial charge >= 0.3 is 0 Å². The molecule has 4 heterocycles. The van der Waals surface area contributed by atoms with Crippen molar-refractivity contribution < 1.29 is 19.2 Å². The number of nitrogens with one attached hydrogen (secondary N) is 1. The van der Waals surface area contributed by atoms with Crippen molar-refractivity contribution in [2.45, 2.75) is 64.6 Å². The largest absolute Gasteiger partial charge is 0.391 e. The van der Waals surface area contributed by atoms with E-state index in [-0.39, 0.29) is 24.3 Å². The molecule has 0 saturated carbocycles. The summed E-state index contributed by atoms with van der Waals surface area (Å²) in [7, 11) is 0. The van der Waals surface area contributed by atoms with Crippen LogP contribution in [0.3, 0.4) is 0 Å². The van der Waals surface area contributed by atoms with E-state index in [2.05, 4.69) is 15.5 Å². The van der Waals surface area contributed by atoms with E-state index in [0.29, 0.717) is 23.7 Å². The van der Waals surface area contributed by atoms with Crippen molar-refractivity contribution in [1.29, 1.82) is 0 Å². The number of nitrogens with zero attached hydrogens (tertiary/aromatic N) is 4. The summed E-state index contributed by atoms with van der Waals surface area (Å²) >= 11 is 1.57. The van der Waals surface area contributed by atoms with Crippen LogP contribution in [0, 0.1) is 19.8 Å². The van der Waals surface area contributed by atoms with Gasteiger partial charge in [-0.1, -0.05) is 43.3 Å². The molecule has 4 atom stereocenters. The highest BCUT2D eigenvalue weighted by atomic mass is 32.1. The first-order chi connectivity index (χ1) is 17.6. The molecule has 0 spiro atoms. The van der Waals surface area contributed by atoms with Crippen LogP contribution in [0.5, 0.6) is 0 Å². The highest BCUT2D eigenvalue weighted by molar-refractivity contribution is 7.13. The van der Waals surface area contributed by atoms with Crippen molar-refractivity contribution in [1.82, 2.24) is 20.4 Å². The highest BCUT2D eigenvalue weighted by Crippen LogP contribution is 2.36. The lowest BCUT2D eigenvalue weighted by molar-refractivity contribution is -0.134. The van der Waals surface area contributed by atoms with Gasteiger partial charge in [0.25, 0.3) is 5.91 Å². The van der Waals surface area contributed by atoms with Crippen LogP contribution in [0.1, 0.15) is 55.8 Å². The van der Waals surface area contributed by atoms with E-state index in [1.54, 1.807) is 29.2 Å². The molecule has 1 fully saturated rings. The lowest BCUT2D eigenvalue weighted by Crippen LogP contribution is -2.48. The summed E-state index contributed by atoms with van der Waals surface area (Å²) in [6.45, 7) is 9.61. The van der Waals surface area contributed by atoms with Crippen molar-refractivity contribution in [2.24, 2.45) is 10.9 Å². The van der Waals surface area contributed by atoms with E-state index in [1.807, 2.05) is 57.5 Å². The van der Waals surface area contributed by atoms with Crippen LogP contribution in [0.25, 0.3) is 10.4 Å². The summed E-state index contributed by atoms with van der Waals surface area (Å²) < 4.78 is 5.44. The highest BCUT2D eigenvalue weighted by Gasteiger charge is 2.48. The minimum atomic E-state index is -1.14. The fraction of sp³-hybridized carbons (Fsp3) is 0.444. The quantitative estimate of drug-likeness (QED) is 0.512. The third-order valence-electron chi connectivity index (χ3n) is 7.25. The fourth-order valence-corrected chi connectivity index (χ4v) is 6.01. The SMILES string of the molecule is Cc1cc([C@H](C(=O)N2C[C@H](O)C[C@H]2C2=N[C@](C)(c3ccc(-c4scnc4C)cc3)C(=O)N2)C(C)C)on1. The fourth-order valence-electron chi connectivity index (χ4n) is 5.20. The van der Waals surface area contributed by atoms with Gasteiger partial charge in [0.2, 0.25) is 5.91 Å². The Morgan fingerprint density at radius 2 is 2.00 bits per heavy atom. The lowest BCUT2D eigenvalue weighted by Gasteiger charge is -2.29. The third kappa shape index (κ3) is 4.48. The van der Waals surface area contributed by atoms with E-state index in [9.17, 15) is 14.7 Å². The zero-order chi connectivity index (χ0) is 26.5. The molecule has 0 bridgehead atoms. The molecule has 3 aromatic rings. The molecule has 0 radical (unpaired) electrons. The van der Waals surface area contributed by atoms with Crippen molar-refractivity contribution in [3.05, 3.63) is 58.6 Å². The minimum Gasteiger partial charge on any atom is -0.391 e. The average Bonchev–Trinajstić information content (AvgIpc) is 3.62. The number of aliphatic hydroxyl groups is 1. The number of amidine groups is 1. The third-order valence-corrected chi connectivity index (χ3v) is 8.22. The molecule has 1 aromatic carbocycles. The second-order valence-corrected chi connectivity index (χ2v) is 11.2. The van der Waals surface area contributed by atoms with Gasteiger partial charge in [0.05, 0.1) is 33.9 Å². The Hall–Kier alpha value is -3.37. The van der Waals surface area contributed by atoms with Gasteiger partial charge in [0.15, 0.2) is 5.54 Å². The van der Waals surface area contributed by atoms with Crippen LogP contribution >= 0.6 is 11.3 Å². The smallest absolute Gasteiger partial charge is 0.257 e. The number of β-amino-alcohol motifs (C(OH)–C–C–N with tert-alkyl or cyclic N) is 1. The molecule has 37 heavy (non-hydrogen) atoms. The van der Waals surface area contributed by atoms with E-state index in [4.69, 9.17) is 9.52 Å². The molecule has 9 nitrogen and oxygen atoms in total. The predicted molar refractivity (Wildman–Crippen MR) is 140 cm³/mol. The number of carbonyl (C=O) groups excluding carboxylic acids is 2. The molecule has 10 heteroatoms. The van der Waals surface area contributed by atoms with Crippen LogP contribution < -0.4 is 5.32 Å². The van der Waals surface area contributed by atoms with Gasteiger partial charge < -0.3 is 19.8 Å². The number of aliphatic imine (C=N–C) groups is 1. The molecule has 5 rings (SSSR count). The second kappa shape index (κ2) is 9.50. The summed E-state index contributed by atoms with van der Waals surface area (Å²) in [5.41, 5.74) is 4.13. The monoisotopic (exact) mass is 521 g/mol. The van der Waals surface area contributed by atoms with Crippen LogP contribution in [-0.4, -0.2) is 56.5 Å². The molecule has 2 aliphatic rings. The summed E-state index contributed by atoms with van der Waals surface area (Å²) in [5.74, 6) is -0.149. The number of benzene rings is 1. The lowest BCUT2D eigenvalue weighted by atomic mass is 9.91. The molecule has 2 aliphatic heterocycles. The van der Waals surface area contributed by atoms with Gasteiger partial charge in [-0.25, -0.2) is 9.98 Å². The van der Waals surface area contributed by atoms with Crippen molar-refractivity contribution in [3.63, 3.8) is 0 Å². The number of hydrogen-bond acceptors (Lipinski definition) is 8. The topological polar surface area (TPSA) is 121 Å². The number of rotatable bonds is 6. The number of thiazole rings is 1. The number of aryl methyl sites for hydroxylation is 2. The Balaban J connectivity index is 1.43. The van der Waals surface area contributed by atoms with Gasteiger partial charge in [-0.3, -0.25) is 9.59 Å². The number of aliphatic hydroxyl groups excluding tert-OH is 1. The zero-order valence-corrected chi connectivity index (χ0v) is 22.4. The Labute approximate surface area is 219 Å². The molecular formula is C27H31N5O4S. The second-order valence-electron chi connectivity index (χ2n) is 10.4. The molecule has 0 aliphatic carbocycles. The minimum absolute atomic E-state index is 0.0516. The maximum absolute atomic E-state index is 13.8. The number of hydrogen-bond donors (Lipinski definition) is 2. The predicted octanol–water partition coefficient (Wildman–Crippen LogP) is 3.56. The Kier molecular flexibility index (Phi) is 6.49. The van der Waals surface area contributed by atoms with Gasteiger partial charge in [0, 0.05) is 19.0 Å². The zero-order valence-electron chi connectivity index (χ0n) is 21.6. The summed E-state index contributed by atoms with van der Waals surface area (Å²) in [6.07, 6.45) is -0.420. The number of likely N-dealkylation sites (tertiary alicyclic amines) is 1. The van der Waals surface area contributed by atoms with Crippen LogP contribution in [-0.2, 0) is 15.1 Å².